The lowest BCUT2D eigenvalue weighted by Crippen LogP contribution is -2.39. The summed E-state index contributed by atoms with van der Waals surface area (Å²) in [6, 6.07) is 9.73. The standard InChI is InChI=1S/C23H28N4O2/c1-4-18-14-20(28)26(15-21(29)25-12-6-5-7-13-25)23-22(18)17(3)24-27(23)19-10-8-16(2)9-11-19/h8-11,14H,4-7,12-13,15H2,1-3H3. The molecule has 0 N–H and O–H groups in total. The zero-order valence-corrected chi connectivity index (χ0v) is 17.4. The predicted molar refractivity (Wildman–Crippen MR) is 115 cm³/mol. The summed E-state index contributed by atoms with van der Waals surface area (Å²) in [5.74, 6) is 0.00616. The largest absolute Gasteiger partial charge is 0.341 e. The summed E-state index contributed by atoms with van der Waals surface area (Å²) < 4.78 is 3.42. The lowest BCUT2D eigenvalue weighted by Gasteiger charge is -2.27. The van der Waals surface area contributed by atoms with Crippen LogP contribution in [0.4, 0.5) is 0 Å². The van der Waals surface area contributed by atoms with Gasteiger partial charge in [0, 0.05) is 24.5 Å². The van der Waals surface area contributed by atoms with Crippen LogP contribution >= 0.6 is 0 Å². The molecule has 4 rings (SSSR count). The van der Waals surface area contributed by atoms with E-state index in [1.807, 2.05) is 54.6 Å². The van der Waals surface area contributed by atoms with Gasteiger partial charge in [-0.2, -0.15) is 5.10 Å². The summed E-state index contributed by atoms with van der Waals surface area (Å²) in [4.78, 5) is 27.9. The molecule has 6 nitrogen and oxygen atoms in total. The number of carbonyl (C=O) groups is 1. The molecule has 0 saturated carbocycles. The van der Waals surface area contributed by atoms with Crippen LogP contribution in [0.25, 0.3) is 16.7 Å². The number of aromatic nitrogens is 3. The average molecular weight is 393 g/mol. The van der Waals surface area contributed by atoms with Crippen LogP contribution in [0.15, 0.2) is 35.1 Å². The molecular formula is C23H28N4O2. The van der Waals surface area contributed by atoms with Crippen LogP contribution in [0.3, 0.4) is 0 Å². The first-order valence-corrected chi connectivity index (χ1v) is 10.5. The molecule has 152 valence electrons. The maximum atomic E-state index is 13.0. The van der Waals surface area contributed by atoms with Crippen molar-refractivity contribution in [3.63, 3.8) is 0 Å². The van der Waals surface area contributed by atoms with Crippen molar-refractivity contribution in [2.24, 2.45) is 0 Å². The lowest BCUT2D eigenvalue weighted by atomic mass is 10.1. The Morgan fingerprint density at radius 2 is 1.76 bits per heavy atom. The van der Waals surface area contributed by atoms with Gasteiger partial charge in [-0.05, 0) is 57.2 Å². The molecule has 1 amide bonds. The van der Waals surface area contributed by atoms with Gasteiger partial charge >= 0.3 is 0 Å². The molecule has 1 aliphatic rings. The Hall–Kier alpha value is -2.89. The number of rotatable bonds is 4. The van der Waals surface area contributed by atoms with Gasteiger partial charge in [0.25, 0.3) is 5.56 Å². The normalized spacial score (nSPS) is 14.5. The molecule has 0 atom stereocenters. The number of fused-ring (bicyclic) bond motifs is 1. The summed E-state index contributed by atoms with van der Waals surface area (Å²) in [5.41, 5.74) is 4.46. The SMILES string of the molecule is CCc1cc(=O)n(CC(=O)N2CCCCC2)c2c1c(C)nn2-c1ccc(C)cc1. The number of likely N-dealkylation sites (tertiary alicyclic amines) is 1. The monoisotopic (exact) mass is 392 g/mol. The lowest BCUT2D eigenvalue weighted by molar-refractivity contribution is -0.132. The van der Waals surface area contributed by atoms with Crippen molar-refractivity contribution in [2.45, 2.75) is 53.0 Å². The van der Waals surface area contributed by atoms with E-state index in [1.165, 1.54) is 6.42 Å². The summed E-state index contributed by atoms with van der Waals surface area (Å²) in [6.07, 6.45) is 3.97. The van der Waals surface area contributed by atoms with Crippen LogP contribution in [0.5, 0.6) is 0 Å². The predicted octanol–water partition coefficient (Wildman–Crippen LogP) is 3.38. The van der Waals surface area contributed by atoms with Crippen LogP contribution in [-0.4, -0.2) is 38.2 Å². The average Bonchev–Trinajstić information content (AvgIpc) is 3.08. The van der Waals surface area contributed by atoms with Gasteiger partial charge in [0.2, 0.25) is 5.91 Å². The topological polar surface area (TPSA) is 60.1 Å². The molecule has 1 saturated heterocycles. The van der Waals surface area contributed by atoms with Gasteiger partial charge in [-0.25, -0.2) is 4.68 Å². The van der Waals surface area contributed by atoms with Gasteiger partial charge in [0.1, 0.15) is 12.2 Å². The molecule has 2 aromatic heterocycles. The number of pyridine rings is 1. The highest BCUT2D eigenvalue weighted by atomic mass is 16.2. The van der Waals surface area contributed by atoms with E-state index in [1.54, 1.807) is 10.6 Å². The Labute approximate surface area is 170 Å². The maximum Gasteiger partial charge on any atom is 0.252 e. The number of nitrogens with zero attached hydrogens (tertiary/aromatic N) is 4. The minimum absolute atomic E-state index is 0.00616. The molecule has 0 unspecified atom stereocenters. The molecule has 1 aliphatic heterocycles. The van der Waals surface area contributed by atoms with Crippen molar-refractivity contribution in [3.8, 4) is 5.69 Å². The zero-order valence-electron chi connectivity index (χ0n) is 17.4. The molecule has 3 heterocycles. The van der Waals surface area contributed by atoms with Crippen molar-refractivity contribution >= 4 is 16.9 Å². The van der Waals surface area contributed by atoms with Crippen molar-refractivity contribution in [1.82, 2.24) is 19.2 Å². The second-order valence-corrected chi connectivity index (χ2v) is 7.92. The van der Waals surface area contributed by atoms with Crippen LogP contribution < -0.4 is 5.56 Å². The summed E-state index contributed by atoms with van der Waals surface area (Å²) in [7, 11) is 0. The second kappa shape index (κ2) is 7.85. The van der Waals surface area contributed by atoms with Crippen molar-refractivity contribution in [1.29, 1.82) is 0 Å². The van der Waals surface area contributed by atoms with Crippen LogP contribution in [0, 0.1) is 13.8 Å². The zero-order chi connectivity index (χ0) is 20.5. The first kappa shape index (κ1) is 19.4. The highest BCUT2D eigenvalue weighted by Gasteiger charge is 2.22. The van der Waals surface area contributed by atoms with E-state index in [-0.39, 0.29) is 18.0 Å². The Kier molecular flexibility index (Phi) is 5.26. The van der Waals surface area contributed by atoms with Gasteiger partial charge in [-0.3, -0.25) is 14.2 Å². The van der Waals surface area contributed by atoms with Gasteiger partial charge in [-0.1, -0.05) is 24.6 Å². The molecule has 1 fully saturated rings. The van der Waals surface area contributed by atoms with E-state index in [9.17, 15) is 9.59 Å². The molecule has 29 heavy (non-hydrogen) atoms. The number of hydrogen-bond donors (Lipinski definition) is 0. The second-order valence-electron chi connectivity index (χ2n) is 7.92. The third-order valence-corrected chi connectivity index (χ3v) is 5.84. The van der Waals surface area contributed by atoms with E-state index in [2.05, 4.69) is 0 Å². The molecule has 0 spiro atoms. The third-order valence-electron chi connectivity index (χ3n) is 5.84. The Morgan fingerprint density at radius 1 is 1.07 bits per heavy atom. The van der Waals surface area contributed by atoms with Gasteiger partial charge in [-0.15, -0.1) is 0 Å². The van der Waals surface area contributed by atoms with E-state index >= 15 is 0 Å². The third kappa shape index (κ3) is 3.59. The van der Waals surface area contributed by atoms with Gasteiger partial charge < -0.3 is 4.90 Å². The number of hydrogen-bond acceptors (Lipinski definition) is 3. The van der Waals surface area contributed by atoms with Crippen molar-refractivity contribution < 1.29 is 4.79 Å². The fourth-order valence-electron chi connectivity index (χ4n) is 4.22. The summed E-state index contributed by atoms with van der Waals surface area (Å²) in [6.45, 7) is 7.66. The van der Waals surface area contributed by atoms with E-state index in [0.29, 0.717) is 5.65 Å². The van der Waals surface area contributed by atoms with E-state index in [0.717, 1.165) is 60.2 Å². The van der Waals surface area contributed by atoms with E-state index < -0.39 is 0 Å². The molecule has 1 aromatic carbocycles. The van der Waals surface area contributed by atoms with E-state index in [4.69, 9.17) is 5.10 Å². The quantitative estimate of drug-likeness (QED) is 0.684. The molecular weight excluding hydrogens is 364 g/mol. The fourth-order valence-corrected chi connectivity index (χ4v) is 4.22. The highest BCUT2D eigenvalue weighted by molar-refractivity contribution is 5.86. The van der Waals surface area contributed by atoms with Crippen molar-refractivity contribution in [2.75, 3.05) is 13.1 Å². The Bertz CT molecular complexity index is 1100. The number of benzene rings is 1. The molecule has 6 heteroatoms. The number of amides is 1. The molecule has 0 bridgehead atoms. The maximum absolute atomic E-state index is 13.0. The van der Waals surface area contributed by atoms with Crippen LogP contribution in [0.2, 0.25) is 0 Å². The van der Waals surface area contributed by atoms with Crippen molar-refractivity contribution in [3.05, 3.63) is 57.5 Å². The minimum Gasteiger partial charge on any atom is -0.341 e. The summed E-state index contributed by atoms with van der Waals surface area (Å²) >= 11 is 0. The number of piperidine rings is 1. The fraction of sp³-hybridized carbons (Fsp3) is 0.435. The molecule has 0 radical (unpaired) electrons. The first-order valence-electron chi connectivity index (χ1n) is 10.5. The number of aryl methyl sites for hydroxylation is 3. The van der Waals surface area contributed by atoms with Gasteiger partial charge in [0.15, 0.2) is 0 Å². The highest BCUT2D eigenvalue weighted by Crippen LogP contribution is 2.25. The molecule has 0 aliphatic carbocycles. The Balaban J connectivity index is 1.88. The minimum atomic E-state index is -0.145. The first-order chi connectivity index (χ1) is 14.0. The van der Waals surface area contributed by atoms with Gasteiger partial charge in [0.05, 0.1) is 11.4 Å². The Morgan fingerprint density at radius 3 is 2.41 bits per heavy atom. The summed E-state index contributed by atoms with van der Waals surface area (Å²) in [5, 5.41) is 5.72. The van der Waals surface area contributed by atoms with Crippen LogP contribution in [-0.2, 0) is 17.8 Å². The smallest absolute Gasteiger partial charge is 0.252 e. The van der Waals surface area contributed by atoms with Crippen LogP contribution in [0.1, 0.15) is 43.0 Å². The molecule has 3 aromatic rings. The number of carbonyl (C=O) groups excluding carboxylic acids is 1.